The fourth-order valence-electron chi connectivity index (χ4n) is 0.906. The first kappa shape index (κ1) is 13.3. The Hall–Kier alpha value is 0.340. The maximum Gasteiger partial charge on any atom is 0.335 e. The second kappa shape index (κ2) is 6.74. The predicted octanol–water partition coefficient (Wildman–Crippen LogP) is 2.15. The summed E-state index contributed by atoms with van der Waals surface area (Å²) < 4.78 is 25.2. The number of rotatable bonds is 7. The first-order valence-electron chi connectivity index (χ1n) is 4.22. The third-order valence-corrected chi connectivity index (χ3v) is 4.16. The summed E-state index contributed by atoms with van der Waals surface area (Å²) in [6, 6.07) is 0. The molecule has 0 spiro atoms. The Balaban J connectivity index is 3.63. The van der Waals surface area contributed by atoms with E-state index >= 15 is 0 Å². The molecular formula is C6H16O5P2. The minimum absolute atomic E-state index is 0.0377. The van der Waals surface area contributed by atoms with Gasteiger partial charge in [0.25, 0.3) is 0 Å². The van der Waals surface area contributed by atoms with Gasteiger partial charge in [-0.2, -0.15) is 0 Å². The van der Waals surface area contributed by atoms with Crippen molar-refractivity contribution >= 4 is 15.9 Å². The van der Waals surface area contributed by atoms with Gasteiger partial charge in [0.2, 0.25) is 0 Å². The van der Waals surface area contributed by atoms with Crippen LogP contribution in [0.25, 0.3) is 0 Å². The second-order valence-electron chi connectivity index (χ2n) is 2.78. The summed E-state index contributed by atoms with van der Waals surface area (Å²) >= 11 is 0. The molecule has 2 N–H and O–H groups in total. The van der Waals surface area contributed by atoms with Crippen LogP contribution in [-0.2, 0) is 13.4 Å². The minimum Gasteiger partial charge on any atom is -0.326 e. The molecule has 0 heterocycles. The molecule has 0 aliphatic heterocycles. The van der Waals surface area contributed by atoms with Gasteiger partial charge >= 0.3 is 15.9 Å². The molecule has 0 rings (SSSR count). The van der Waals surface area contributed by atoms with Gasteiger partial charge in [0.15, 0.2) is 0 Å². The number of hydrogen-bond donors (Lipinski definition) is 2. The van der Waals surface area contributed by atoms with Gasteiger partial charge in [-0.25, -0.2) is 4.31 Å². The number of unbranched alkanes of at least 4 members (excludes halogenated alkanes) is 3. The van der Waals surface area contributed by atoms with Crippen molar-refractivity contribution in [1.82, 2.24) is 0 Å². The minimum atomic E-state index is -3.81. The highest BCUT2D eigenvalue weighted by atomic mass is 31.2. The molecule has 0 aliphatic carbocycles. The third kappa shape index (κ3) is 8.66. The fraction of sp³-hybridized carbons (Fsp3) is 1.00. The lowest BCUT2D eigenvalue weighted by Crippen LogP contribution is -1.90. The van der Waals surface area contributed by atoms with Crippen molar-refractivity contribution in [3.63, 3.8) is 0 Å². The average Bonchev–Trinajstić information content (AvgIpc) is 1.95. The summed E-state index contributed by atoms with van der Waals surface area (Å²) in [5, 5.41) is 0. The molecule has 7 heteroatoms. The molecule has 13 heavy (non-hydrogen) atoms. The van der Waals surface area contributed by atoms with E-state index < -0.39 is 15.9 Å². The topological polar surface area (TPSA) is 83.8 Å². The Morgan fingerprint density at radius 3 is 2.46 bits per heavy atom. The van der Waals surface area contributed by atoms with Gasteiger partial charge in [-0.15, -0.1) is 0 Å². The van der Waals surface area contributed by atoms with E-state index in [0.29, 0.717) is 6.42 Å². The zero-order valence-electron chi connectivity index (χ0n) is 7.60. The quantitative estimate of drug-likeness (QED) is 0.517. The zero-order chi connectivity index (χ0) is 10.3. The lowest BCUT2D eigenvalue weighted by Gasteiger charge is -2.08. The molecule has 80 valence electrons. The molecule has 5 nitrogen and oxygen atoms in total. The van der Waals surface area contributed by atoms with Crippen molar-refractivity contribution in [2.75, 3.05) is 6.16 Å². The summed E-state index contributed by atoms with van der Waals surface area (Å²) in [7, 11) is -7.10. The smallest absolute Gasteiger partial charge is 0.326 e. The van der Waals surface area contributed by atoms with Crippen LogP contribution >= 0.6 is 15.9 Å². The van der Waals surface area contributed by atoms with E-state index in [0.717, 1.165) is 19.3 Å². The summed E-state index contributed by atoms with van der Waals surface area (Å²) in [4.78, 5) is 17.3. The van der Waals surface area contributed by atoms with Crippen LogP contribution in [0.3, 0.4) is 0 Å². The first-order valence-corrected chi connectivity index (χ1v) is 7.25. The highest BCUT2D eigenvalue weighted by Crippen LogP contribution is 2.50. The highest BCUT2D eigenvalue weighted by molar-refractivity contribution is 7.59. The third-order valence-electron chi connectivity index (χ3n) is 1.51. The summed E-state index contributed by atoms with van der Waals surface area (Å²) in [6.07, 6.45) is 3.39. The molecule has 2 unspecified atom stereocenters. The first-order chi connectivity index (χ1) is 5.98. The van der Waals surface area contributed by atoms with E-state index in [-0.39, 0.29) is 6.16 Å². The van der Waals surface area contributed by atoms with Crippen LogP contribution in [0, 0.1) is 0 Å². The van der Waals surface area contributed by atoms with E-state index in [1.807, 2.05) is 6.92 Å². The molecular weight excluding hydrogens is 214 g/mol. The van der Waals surface area contributed by atoms with Crippen LogP contribution in [-0.4, -0.2) is 15.9 Å². The summed E-state index contributed by atoms with van der Waals surface area (Å²) in [6.45, 7) is 2.03. The molecule has 0 radical (unpaired) electrons. The second-order valence-corrected chi connectivity index (χ2v) is 5.76. The van der Waals surface area contributed by atoms with Crippen LogP contribution in [0.5, 0.6) is 0 Å². The fourth-order valence-corrected chi connectivity index (χ4v) is 2.87. The Labute approximate surface area is 78.6 Å². The van der Waals surface area contributed by atoms with E-state index in [1.165, 1.54) is 0 Å². The standard InChI is InChI=1S/C6H16O5P2/c1-2-3-4-5-6-13(9,10)11-12(7)8/h12H,2-6H2,1H3,(H,7,8)(H,9,10). The van der Waals surface area contributed by atoms with Gasteiger partial charge in [-0.1, -0.05) is 26.2 Å². The maximum atomic E-state index is 11.0. The Morgan fingerprint density at radius 2 is 2.00 bits per heavy atom. The Kier molecular flexibility index (Phi) is 6.92. The van der Waals surface area contributed by atoms with E-state index in [1.54, 1.807) is 0 Å². The van der Waals surface area contributed by atoms with Gasteiger partial charge in [0.05, 0.1) is 6.16 Å². The molecule has 0 aromatic rings. The molecule has 0 aliphatic rings. The monoisotopic (exact) mass is 230 g/mol. The molecule has 0 amide bonds. The Morgan fingerprint density at radius 1 is 1.38 bits per heavy atom. The molecule has 0 aromatic carbocycles. The molecule has 0 bridgehead atoms. The van der Waals surface area contributed by atoms with Gasteiger partial charge < -0.3 is 9.79 Å². The van der Waals surface area contributed by atoms with E-state index in [4.69, 9.17) is 9.79 Å². The molecule has 0 aromatic heterocycles. The van der Waals surface area contributed by atoms with Gasteiger partial charge in [0, 0.05) is 0 Å². The van der Waals surface area contributed by atoms with Crippen molar-refractivity contribution in [2.24, 2.45) is 0 Å². The largest absolute Gasteiger partial charge is 0.335 e. The normalized spacial score (nSPS) is 18.1. The van der Waals surface area contributed by atoms with Gasteiger partial charge in [0.1, 0.15) is 0 Å². The van der Waals surface area contributed by atoms with Gasteiger partial charge in [-0.3, -0.25) is 9.13 Å². The predicted molar refractivity (Wildman–Crippen MR) is 51.1 cm³/mol. The van der Waals surface area contributed by atoms with E-state index in [2.05, 4.69) is 4.31 Å². The summed E-state index contributed by atoms with van der Waals surface area (Å²) in [5.41, 5.74) is 0. The zero-order valence-corrected chi connectivity index (χ0v) is 9.50. The lowest BCUT2D eigenvalue weighted by atomic mass is 10.2. The number of hydrogen-bond acceptors (Lipinski definition) is 3. The average molecular weight is 230 g/mol. The maximum absolute atomic E-state index is 11.0. The SMILES string of the molecule is CCCCCCP(=O)(O)O[PH](=O)O. The van der Waals surface area contributed by atoms with Crippen molar-refractivity contribution < 1.29 is 23.2 Å². The molecule has 0 fully saturated rings. The van der Waals surface area contributed by atoms with Crippen molar-refractivity contribution in [3.05, 3.63) is 0 Å². The van der Waals surface area contributed by atoms with Crippen LogP contribution in [0.1, 0.15) is 32.6 Å². The molecule has 2 atom stereocenters. The van der Waals surface area contributed by atoms with Crippen molar-refractivity contribution in [1.29, 1.82) is 0 Å². The van der Waals surface area contributed by atoms with Crippen molar-refractivity contribution in [2.45, 2.75) is 32.6 Å². The summed E-state index contributed by atoms with van der Waals surface area (Å²) in [5.74, 6) is 0. The highest BCUT2D eigenvalue weighted by Gasteiger charge is 2.20. The lowest BCUT2D eigenvalue weighted by molar-refractivity contribution is 0.348. The van der Waals surface area contributed by atoms with Crippen LogP contribution in [0.2, 0.25) is 0 Å². The molecule has 0 saturated heterocycles. The van der Waals surface area contributed by atoms with Crippen LogP contribution < -0.4 is 0 Å². The van der Waals surface area contributed by atoms with Crippen molar-refractivity contribution in [3.8, 4) is 0 Å². The van der Waals surface area contributed by atoms with Crippen LogP contribution in [0.4, 0.5) is 0 Å². The van der Waals surface area contributed by atoms with Crippen LogP contribution in [0.15, 0.2) is 0 Å². The van der Waals surface area contributed by atoms with Gasteiger partial charge in [-0.05, 0) is 6.42 Å². The Bertz CT molecular complexity index is 205. The molecule has 0 saturated carbocycles. The van der Waals surface area contributed by atoms with E-state index in [9.17, 15) is 9.13 Å².